The summed E-state index contributed by atoms with van der Waals surface area (Å²) in [7, 11) is 1.75. The van der Waals surface area contributed by atoms with Gasteiger partial charge in [0.1, 0.15) is 5.60 Å². The highest BCUT2D eigenvalue weighted by Gasteiger charge is 2.48. The van der Waals surface area contributed by atoms with Gasteiger partial charge in [-0.2, -0.15) is 0 Å². The van der Waals surface area contributed by atoms with Crippen molar-refractivity contribution in [3.05, 3.63) is 0 Å². The molecule has 0 bridgehead atoms. The smallest absolute Gasteiger partial charge is 0.310 e. The number of esters is 1. The van der Waals surface area contributed by atoms with Gasteiger partial charge in [-0.25, -0.2) is 0 Å². The maximum atomic E-state index is 13.0. The van der Waals surface area contributed by atoms with Gasteiger partial charge in [0.2, 0.25) is 0 Å². The van der Waals surface area contributed by atoms with E-state index in [1.165, 1.54) is 12.8 Å². The van der Waals surface area contributed by atoms with Gasteiger partial charge < -0.3 is 9.47 Å². The van der Waals surface area contributed by atoms with Crippen LogP contribution in [0.25, 0.3) is 0 Å². The van der Waals surface area contributed by atoms with E-state index in [0.717, 1.165) is 38.5 Å². The summed E-state index contributed by atoms with van der Waals surface area (Å²) in [5.41, 5.74) is -0.169. The van der Waals surface area contributed by atoms with Crippen LogP contribution in [0.3, 0.4) is 0 Å². The van der Waals surface area contributed by atoms with Crippen LogP contribution >= 0.6 is 0 Å². The second-order valence-electron chi connectivity index (χ2n) is 7.38. The zero-order chi connectivity index (χ0) is 16.2. The van der Waals surface area contributed by atoms with E-state index in [9.17, 15) is 4.79 Å². The summed E-state index contributed by atoms with van der Waals surface area (Å²) >= 11 is 0. The second-order valence-corrected chi connectivity index (χ2v) is 7.38. The van der Waals surface area contributed by atoms with Crippen molar-refractivity contribution in [2.75, 3.05) is 13.7 Å². The largest absolute Gasteiger partial charge is 0.459 e. The van der Waals surface area contributed by atoms with Crippen LogP contribution in [0, 0.1) is 23.7 Å². The second kappa shape index (κ2) is 7.81. The van der Waals surface area contributed by atoms with Crippen LogP contribution in [0.15, 0.2) is 0 Å². The van der Waals surface area contributed by atoms with Crippen LogP contribution in [0.4, 0.5) is 0 Å². The molecule has 2 fully saturated rings. The van der Waals surface area contributed by atoms with Crippen LogP contribution in [0.1, 0.15) is 72.1 Å². The van der Waals surface area contributed by atoms with E-state index < -0.39 is 0 Å². The quantitative estimate of drug-likeness (QED) is 0.645. The van der Waals surface area contributed by atoms with Crippen molar-refractivity contribution >= 4 is 5.97 Å². The van der Waals surface area contributed by atoms with Crippen molar-refractivity contribution in [2.24, 2.45) is 23.7 Å². The van der Waals surface area contributed by atoms with Crippen molar-refractivity contribution in [1.29, 1.82) is 0 Å². The molecule has 2 aliphatic rings. The molecule has 0 aliphatic heterocycles. The summed E-state index contributed by atoms with van der Waals surface area (Å²) in [5, 5.41) is 0. The molecule has 0 heterocycles. The molecule has 0 aromatic heterocycles. The van der Waals surface area contributed by atoms with Gasteiger partial charge in [0.05, 0.1) is 12.5 Å². The molecule has 2 saturated carbocycles. The third kappa shape index (κ3) is 3.50. The summed E-state index contributed by atoms with van der Waals surface area (Å²) in [6, 6.07) is 0. The van der Waals surface area contributed by atoms with E-state index in [0.29, 0.717) is 24.4 Å². The molecule has 0 amide bonds. The van der Waals surface area contributed by atoms with Crippen LogP contribution in [0.2, 0.25) is 0 Å². The molecule has 3 heteroatoms. The molecule has 0 spiro atoms. The fourth-order valence-corrected chi connectivity index (χ4v) is 4.87. The van der Waals surface area contributed by atoms with E-state index in [4.69, 9.17) is 9.47 Å². The van der Waals surface area contributed by atoms with Gasteiger partial charge in [0.25, 0.3) is 0 Å². The Balaban J connectivity index is 2.13. The minimum Gasteiger partial charge on any atom is -0.459 e. The predicted octanol–water partition coefficient (Wildman–Crippen LogP) is 4.59. The standard InChI is InChI=1S/C19H34O3/c1-5-14-12-15(6-2)17(16(14)13-21-4)18(20)22-19(7-3)10-8-9-11-19/h14-17H,5-13H2,1-4H3. The lowest BCUT2D eigenvalue weighted by atomic mass is 9.85. The number of methoxy groups -OCH3 is 1. The minimum absolute atomic E-state index is 0.0407. The lowest BCUT2D eigenvalue weighted by Gasteiger charge is -2.32. The Labute approximate surface area is 136 Å². The molecular formula is C19H34O3. The number of hydrogen-bond donors (Lipinski definition) is 0. The maximum Gasteiger partial charge on any atom is 0.310 e. The molecular weight excluding hydrogens is 276 g/mol. The molecule has 0 aromatic rings. The Morgan fingerprint density at radius 1 is 1.09 bits per heavy atom. The van der Waals surface area contributed by atoms with Gasteiger partial charge in [-0.05, 0) is 56.3 Å². The van der Waals surface area contributed by atoms with Crippen molar-refractivity contribution in [2.45, 2.75) is 77.7 Å². The van der Waals surface area contributed by atoms with Crippen LogP contribution < -0.4 is 0 Å². The van der Waals surface area contributed by atoms with Gasteiger partial charge in [0.15, 0.2) is 0 Å². The first-order valence-corrected chi connectivity index (χ1v) is 9.32. The summed E-state index contributed by atoms with van der Waals surface area (Å²) in [4.78, 5) is 13.0. The summed E-state index contributed by atoms with van der Waals surface area (Å²) < 4.78 is 11.6. The first kappa shape index (κ1) is 17.8. The molecule has 0 aromatic carbocycles. The third-order valence-corrected chi connectivity index (χ3v) is 6.34. The highest BCUT2D eigenvalue weighted by Crippen LogP contribution is 2.47. The topological polar surface area (TPSA) is 35.5 Å². The Hall–Kier alpha value is -0.570. The summed E-state index contributed by atoms with van der Waals surface area (Å²) in [5.74, 6) is 1.51. The molecule has 0 radical (unpaired) electrons. The average molecular weight is 310 g/mol. The number of carbonyl (C=O) groups excluding carboxylic acids is 1. The Kier molecular flexibility index (Phi) is 6.31. The molecule has 0 saturated heterocycles. The zero-order valence-electron chi connectivity index (χ0n) is 14.9. The number of hydrogen-bond acceptors (Lipinski definition) is 3. The molecule has 0 N–H and O–H groups in total. The summed E-state index contributed by atoms with van der Waals surface area (Å²) in [6.07, 6.45) is 8.79. The lowest BCUT2D eigenvalue weighted by molar-refractivity contribution is -0.169. The average Bonchev–Trinajstić information content (AvgIpc) is 3.12. The lowest BCUT2D eigenvalue weighted by Crippen LogP contribution is -2.38. The molecule has 2 rings (SSSR count). The zero-order valence-corrected chi connectivity index (χ0v) is 14.9. The SMILES string of the molecule is CCC1CC(CC)C(C(=O)OC2(CC)CCCC2)C1COC. The van der Waals surface area contributed by atoms with Crippen molar-refractivity contribution in [3.63, 3.8) is 0 Å². The van der Waals surface area contributed by atoms with Crippen LogP contribution in [0.5, 0.6) is 0 Å². The number of ether oxygens (including phenoxy) is 2. The fraction of sp³-hybridized carbons (Fsp3) is 0.947. The molecule has 3 nitrogen and oxygen atoms in total. The van der Waals surface area contributed by atoms with E-state index in [-0.39, 0.29) is 17.5 Å². The summed E-state index contributed by atoms with van der Waals surface area (Å²) in [6.45, 7) is 7.29. The Morgan fingerprint density at radius 2 is 1.73 bits per heavy atom. The highest BCUT2D eigenvalue weighted by molar-refractivity contribution is 5.74. The van der Waals surface area contributed by atoms with Gasteiger partial charge in [-0.15, -0.1) is 0 Å². The normalized spacial score (nSPS) is 34.0. The third-order valence-electron chi connectivity index (χ3n) is 6.34. The van der Waals surface area contributed by atoms with Gasteiger partial charge in [-0.1, -0.05) is 33.6 Å². The Bertz CT molecular complexity index is 360. The van der Waals surface area contributed by atoms with Crippen LogP contribution in [-0.4, -0.2) is 25.3 Å². The predicted molar refractivity (Wildman–Crippen MR) is 88.6 cm³/mol. The van der Waals surface area contributed by atoms with E-state index in [2.05, 4.69) is 20.8 Å². The maximum absolute atomic E-state index is 13.0. The minimum atomic E-state index is -0.169. The molecule has 4 atom stereocenters. The van der Waals surface area contributed by atoms with Crippen molar-refractivity contribution < 1.29 is 14.3 Å². The van der Waals surface area contributed by atoms with Crippen molar-refractivity contribution in [3.8, 4) is 0 Å². The first-order valence-electron chi connectivity index (χ1n) is 9.32. The first-order chi connectivity index (χ1) is 10.6. The molecule has 4 unspecified atom stereocenters. The fourth-order valence-electron chi connectivity index (χ4n) is 4.87. The molecule has 128 valence electrons. The van der Waals surface area contributed by atoms with Gasteiger partial charge in [0, 0.05) is 7.11 Å². The van der Waals surface area contributed by atoms with E-state index in [1.54, 1.807) is 7.11 Å². The van der Waals surface area contributed by atoms with Crippen LogP contribution in [-0.2, 0) is 14.3 Å². The van der Waals surface area contributed by atoms with E-state index in [1.807, 2.05) is 0 Å². The monoisotopic (exact) mass is 310 g/mol. The number of carbonyl (C=O) groups is 1. The Morgan fingerprint density at radius 3 is 2.23 bits per heavy atom. The molecule has 2 aliphatic carbocycles. The van der Waals surface area contributed by atoms with Crippen molar-refractivity contribution in [1.82, 2.24) is 0 Å². The van der Waals surface area contributed by atoms with Gasteiger partial charge >= 0.3 is 5.97 Å². The number of rotatable bonds is 7. The molecule has 22 heavy (non-hydrogen) atoms. The van der Waals surface area contributed by atoms with Gasteiger partial charge in [-0.3, -0.25) is 4.79 Å². The highest BCUT2D eigenvalue weighted by atomic mass is 16.6. The van der Waals surface area contributed by atoms with E-state index >= 15 is 0 Å².